The molecule has 3 aliphatic rings. The molecule has 0 saturated heterocycles. The lowest BCUT2D eigenvalue weighted by molar-refractivity contribution is 0.998. The summed E-state index contributed by atoms with van der Waals surface area (Å²) in [5.74, 6) is 0. The molecule has 1 aromatic heterocycles. The average Bonchev–Trinajstić information content (AvgIpc) is 3.52. The summed E-state index contributed by atoms with van der Waals surface area (Å²) in [6, 6.07) is 36.4. The fourth-order valence-electron chi connectivity index (χ4n) is 8.02. The Kier molecular flexibility index (Phi) is 4.03. The Labute approximate surface area is 238 Å². The monoisotopic (exact) mass is 519 g/mol. The Morgan fingerprint density at radius 1 is 0.512 bits per heavy atom. The summed E-state index contributed by atoms with van der Waals surface area (Å²) >= 11 is 0. The molecule has 0 N–H and O–H groups in total. The smallest absolute Gasteiger partial charge is 0.0796 e. The van der Waals surface area contributed by atoms with Gasteiger partial charge in [-0.1, -0.05) is 91.0 Å². The second kappa shape index (κ2) is 7.59. The highest BCUT2D eigenvalue weighted by molar-refractivity contribution is 6.25. The topological polar surface area (TPSA) is 12.9 Å². The Morgan fingerprint density at radius 3 is 1.93 bits per heavy atom. The van der Waals surface area contributed by atoms with Gasteiger partial charge in [0.2, 0.25) is 0 Å². The van der Waals surface area contributed by atoms with E-state index < -0.39 is 0 Å². The van der Waals surface area contributed by atoms with Crippen LogP contribution in [0, 0.1) is 6.92 Å². The number of aromatic nitrogens is 1. The SMILES string of the molecule is Cc1cc2c3c(ccc(-c4cc5c(cc6c7c(cccc75)-c5ccccc5-6)c5c4C=CCC5)c3n1)-c1ccccc1-2. The molecule has 10 rings (SSSR count). The molecule has 190 valence electrons. The highest BCUT2D eigenvalue weighted by atomic mass is 14.7. The zero-order valence-corrected chi connectivity index (χ0v) is 22.8. The number of pyridine rings is 1. The number of fused-ring (bicyclic) bond motifs is 10. The van der Waals surface area contributed by atoms with Gasteiger partial charge in [-0.05, 0) is 121 Å². The van der Waals surface area contributed by atoms with Crippen LogP contribution in [0.25, 0.3) is 94.2 Å². The van der Waals surface area contributed by atoms with Crippen LogP contribution < -0.4 is 0 Å². The number of nitrogens with zero attached hydrogens (tertiary/aromatic N) is 1. The molecule has 7 aromatic rings. The predicted molar refractivity (Wildman–Crippen MR) is 173 cm³/mol. The van der Waals surface area contributed by atoms with Gasteiger partial charge in [0.15, 0.2) is 0 Å². The molecule has 0 atom stereocenters. The Hall–Kier alpha value is -5.01. The standard InChI is InChI=1S/C40H25N/c1-22-19-36-27-13-6-3-10-24(27)31-17-18-32(40(41-22)39(31)36)33-20-35-30-16-8-15-29-23-9-2-7-14-28(23)37(38(29)30)21-34(35)26-12-5-4-11-25(26)33/h2-4,6-11,13-21H,5,12H2,1H3. The van der Waals surface area contributed by atoms with Crippen LogP contribution in [-0.2, 0) is 6.42 Å². The van der Waals surface area contributed by atoms with Gasteiger partial charge in [-0.15, -0.1) is 0 Å². The molecule has 0 radical (unpaired) electrons. The lowest BCUT2D eigenvalue weighted by Gasteiger charge is -2.21. The van der Waals surface area contributed by atoms with Crippen LogP contribution in [0.2, 0.25) is 0 Å². The number of hydrogen-bond acceptors (Lipinski definition) is 1. The van der Waals surface area contributed by atoms with Crippen molar-refractivity contribution in [2.75, 3.05) is 0 Å². The molecule has 0 aliphatic heterocycles. The third-order valence-electron chi connectivity index (χ3n) is 9.67. The number of hydrogen-bond donors (Lipinski definition) is 0. The minimum atomic E-state index is 1.06. The van der Waals surface area contributed by atoms with E-state index in [0.29, 0.717) is 0 Å². The van der Waals surface area contributed by atoms with E-state index in [0.717, 1.165) is 24.1 Å². The highest BCUT2D eigenvalue weighted by Gasteiger charge is 2.27. The van der Waals surface area contributed by atoms with E-state index in [4.69, 9.17) is 4.98 Å². The second-order valence-electron chi connectivity index (χ2n) is 11.8. The molecule has 0 amide bonds. The first-order valence-electron chi connectivity index (χ1n) is 14.6. The van der Waals surface area contributed by atoms with Crippen molar-refractivity contribution < 1.29 is 0 Å². The van der Waals surface area contributed by atoms with E-state index in [1.54, 1.807) is 0 Å². The molecular weight excluding hydrogens is 494 g/mol. The van der Waals surface area contributed by atoms with E-state index in [9.17, 15) is 0 Å². The molecule has 3 aliphatic carbocycles. The summed E-state index contributed by atoms with van der Waals surface area (Å²) < 4.78 is 0. The minimum absolute atomic E-state index is 1.06. The maximum Gasteiger partial charge on any atom is 0.0796 e. The van der Waals surface area contributed by atoms with E-state index in [-0.39, 0.29) is 0 Å². The molecule has 0 saturated carbocycles. The maximum atomic E-state index is 5.23. The van der Waals surface area contributed by atoms with Crippen LogP contribution >= 0.6 is 0 Å². The summed E-state index contributed by atoms with van der Waals surface area (Å²) in [6.07, 6.45) is 6.85. The number of aryl methyl sites for hydroxylation is 2. The molecule has 0 unspecified atom stereocenters. The van der Waals surface area contributed by atoms with Crippen LogP contribution in [0.4, 0.5) is 0 Å². The van der Waals surface area contributed by atoms with E-state index in [1.165, 1.54) is 93.7 Å². The van der Waals surface area contributed by atoms with Gasteiger partial charge in [0.25, 0.3) is 0 Å². The Morgan fingerprint density at radius 2 is 1.15 bits per heavy atom. The van der Waals surface area contributed by atoms with Gasteiger partial charge < -0.3 is 0 Å². The molecule has 1 heteroatoms. The van der Waals surface area contributed by atoms with E-state index in [2.05, 4.69) is 116 Å². The van der Waals surface area contributed by atoms with Crippen LogP contribution in [-0.4, -0.2) is 4.98 Å². The van der Waals surface area contributed by atoms with Crippen molar-refractivity contribution in [3.63, 3.8) is 0 Å². The Balaban J connectivity index is 1.35. The minimum Gasteiger partial charge on any atom is -0.252 e. The largest absolute Gasteiger partial charge is 0.252 e. The summed E-state index contributed by atoms with van der Waals surface area (Å²) in [5, 5.41) is 6.78. The van der Waals surface area contributed by atoms with Crippen LogP contribution in [0.1, 0.15) is 23.2 Å². The first kappa shape index (κ1) is 21.8. The van der Waals surface area contributed by atoms with Crippen molar-refractivity contribution in [2.45, 2.75) is 19.8 Å². The third-order valence-corrected chi connectivity index (χ3v) is 9.67. The summed E-state index contributed by atoms with van der Waals surface area (Å²) in [7, 11) is 0. The molecule has 1 nitrogen and oxygen atoms in total. The van der Waals surface area contributed by atoms with Gasteiger partial charge in [-0.25, -0.2) is 0 Å². The van der Waals surface area contributed by atoms with Crippen molar-refractivity contribution in [3.05, 3.63) is 120 Å². The lowest BCUT2D eigenvalue weighted by Crippen LogP contribution is -2.00. The molecular formula is C40H25N. The zero-order chi connectivity index (χ0) is 26.8. The molecule has 1 heterocycles. The summed E-state index contributed by atoms with van der Waals surface area (Å²) in [5.41, 5.74) is 18.2. The predicted octanol–water partition coefficient (Wildman–Crippen LogP) is 10.8. The molecule has 6 aromatic carbocycles. The van der Waals surface area contributed by atoms with Crippen molar-refractivity contribution >= 4 is 38.5 Å². The molecule has 0 spiro atoms. The second-order valence-corrected chi connectivity index (χ2v) is 11.8. The quantitative estimate of drug-likeness (QED) is 0.197. The summed E-state index contributed by atoms with van der Waals surface area (Å²) in [6.45, 7) is 2.13. The fourth-order valence-corrected chi connectivity index (χ4v) is 8.02. The zero-order valence-electron chi connectivity index (χ0n) is 22.8. The summed E-state index contributed by atoms with van der Waals surface area (Å²) in [4.78, 5) is 5.23. The number of rotatable bonds is 1. The fraction of sp³-hybridized carbons (Fsp3) is 0.0750. The van der Waals surface area contributed by atoms with Crippen molar-refractivity contribution in [3.8, 4) is 55.6 Å². The van der Waals surface area contributed by atoms with Gasteiger partial charge in [-0.2, -0.15) is 0 Å². The average molecular weight is 520 g/mol. The normalized spacial score (nSPS) is 13.7. The van der Waals surface area contributed by atoms with Gasteiger partial charge in [0.05, 0.1) is 5.52 Å². The van der Waals surface area contributed by atoms with Crippen molar-refractivity contribution in [1.29, 1.82) is 0 Å². The maximum absolute atomic E-state index is 5.23. The van der Waals surface area contributed by atoms with Crippen LogP contribution in [0.3, 0.4) is 0 Å². The molecule has 0 fully saturated rings. The third kappa shape index (κ3) is 2.69. The number of benzene rings is 6. The van der Waals surface area contributed by atoms with Crippen LogP contribution in [0.5, 0.6) is 0 Å². The first-order chi connectivity index (χ1) is 20.3. The van der Waals surface area contributed by atoms with E-state index >= 15 is 0 Å². The van der Waals surface area contributed by atoms with Crippen molar-refractivity contribution in [2.24, 2.45) is 0 Å². The van der Waals surface area contributed by atoms with Gasteiger partial charge in [0.1, 0.15) is 0 Å². The van der Waals surface area contributed by atoms with Gasteiger partial charge >= 0.3 is 0 Å². The van der Waals surface area contributed by atoms with Crippen molar-refractivity contribution in [1.82, 2.24) is 4.98 Å². The van der Waals surface area contributed by atoms with E-state index in [1.807, 2.05) is 0 Å². The first-order valence-corrected chi connectivity index (χ1v) is 14.6. The van der Waals surface area contributed by atoms with Gasteiger partial charge in [-0.3, -0.25) is 4.98 Å². The molecule has 41 heavy (non-hydrogen) atoms. The van der Waals surface area contributed by atoms with Crippen LogP contribution in [0.15, 0.2) is 103 Å². The molecule has 0 bridgehead atoms. The van der Waals surface area contributed by atoms with Gasteiger partial charge in [0, 0.05) is 16.6 Å². The Bertz CT molecular complexity index is 2370. The highest BCUT2D eigenvalue weighted by Crippen LogP contribution is 2.53. The lowest BCUT2D eigenvalue weighted by atomic mass is 9.82. The number of allylic oxidation sites excluding steroid dienone is 1.